The topological polar surface area (TPSA) is 48.3 Å². The Morgan fingerprint density at radius 2 is 1.80 bits per heavy atom. The molecule has 0 aliphatic heterocycles. The summed E-state index contributed by atoms with van der Waals surface area (Å²) in [5, 5.41) is 0.845. The zero-order valence-electron chi connectivity index (χ0n) is 13.9. The molecule has 25 heavy (non-hydrogen) atoms. The van der Waals surface area contributed by atoms with Crippen LogP contribution in [0, 0.1) is 5.82 Å². The molecule has 0 amide bonds. The van der Waals surface area contributed by atoms with Gasteiger partial charge in [0.2, 0.25) is 0 Å². The highest BCUT2D eigenvalue weighted by Gasteiger charge is 2.15. The van der Waals surface area contributed by atoms with E-state index in [1.54, 1.807) is 6.20 Å². The smallest absolute Gasteiger partial charge is 0.340 e. The van der Waals surface area contributed by atoms with Crippen LogP contribution in [0.4, 0.5) is 4.39 Å². The third kappa shape index (κ3) is 3.76. The van der Waals surface area contributed by atoms with Crippen LogP contribution in [0.1, 0.15) is 33.6 Å². The van der Waals surface area contributed by atoms with Crippen LogP contribution in [-0.2, 0) is 11.8 Å². The number of aromatic nitrogens is 1. The summed E-state index contributed by atoms with van der Waals surface area (Å²) < 4.78 is 20.0. The number of para-hydroxylation sites is 1. The molecule has 0 aliphatic rings. The molecule has 2 aromatic carbocycles. The molecule has 1 heterocycles. The summed E-state index contributed by atoms with van der Waals surface area (Å²) in [4.78, 5) is 24.2. The van der Waals surface area contributed by atoms with E-state index < -0.39 is 5.97 Å². The molecule has 128 valence electrons. The number of halogens is 1. The first-order chi connectivity index (χ1) is 12.1. The van der Waals surface area contributed by atoms with E-state index in [-0.39, 0.29) is 24.6 Å². The molecule has 5 heteroatoms. The van der Waals surface area contributed by atoms with Gasteiger partial charge in [-0.3, -0.25) is 4.79 Å². The third-order valence-corrected chi connectivity index (χ3v) is 4.06. The lowest BCUT2D eigenvalue weighted by atomic mass is 10.1. The lowest BCUT2D eigenvalue weighted by Crippen LogP contribution is -2.08. The Morgan fingerprint density at radius 3 is 2.56 bits per heavy atom. The number of esters is 1. The molecular formula is C20H18FNO3. The number of nitrogens with zero attached hydrogens (tertiary/aromatic N) is 1. The van der Waals surface area contributed by atoms with Gasteiger partial charge in [0.25, 0.3) is 0 Å². The van der Waals surface area contributed by atoms with Gasteiger partial charge in [0.15, 0.2) is 5.78 Å². The van der Waals surface area contributed by atoms with Gasteiger partial charge >= 0.3 is 5.97 Å². The van der Waals surface area contributed by atoms with Gasteiger partial charge in [0.05, 0.1) is 12.2 Å². The zero-order chi connectivity index (χ0) is 17.8. The number of carbonyl (C=O) groups is 2. The van der Waals surface area contributed by atoms with E-state index in [0.29, 0.717) is 17.5 Å². The maximum Gasteiger partial charge on any atom is 0.340 e. The van der Waals surface area contributed by atoms with Crippen molar-refractivity contribution in [2.75, 3.05) is 6.61 Å². The Bertz CT molecular complexity index is 912. The van der Waals surface area contributed by atoms with Crippen LogP contribution in [0.2, 0.25) is 0 Å². The van der Waals surface area contributed by atoms with Crippen molar-refractivity contribution in [1.29, 1.82) is 0 Å². The molecule has 4 nitrogen and oxygen atoms in total. The van der Waals surface area contributed by atoms with Gasteiger partial charge in [-0.1, -0.05) is 18.2 Å². The first-order valence-corrected chi connectivity index (χ1v) is 8.06. The monoisotopic (exact) mass is 339 g/mol. The highest BCUT2D eigenvalue weighted by Crippen LogP contribution is 2.21. The van der Waals surface area contributed by atoms with E-state index in [1.807, 2.05) is 35.9 Å². The van der Waals surface area contributed by atoms with Crippen molar-refractivity contribution in [3.63, 3.8) is 0 Å². The van der Waals surface area contributed by atoms with Gasteiger partial charge in [-0.25, -0.2) is 9.18 Å². The van der Waals surface area contributed by atoms with Gasteiger partial charge in [0, 0.05) is 36.1 Å². The van der Waals surface area contributed by atoms with Crippen molar-refractivity contribution in [2.45, 2.75) is 12.8 Å². The van der Waals surface area contributed by atoms with Crippen LogP contribution in [0.15, 0.2) is 54.7 Å². The molecule has 0 atom stereocenters. The van der Waals surface area contributed by atoms with Gasteiger partial charge in [-0.05, 0) is 36.8 Å². The number of rotatable bonds is 6. The van der Waals surface area contributed by atoms with E-state index >= 15 is 0 Å². The van der Waals surface area contributed by atoms with E-state index in [1.165, 1.54) is 24.3 Å². The van der Waals surface area contributed by atoms with Crippen molar-refractivity contribution in [3.05, 3.63) is 71.7 Å². The van der Waals surface area contributed by atoms with Crippen LogP contribution in [0.25, 0.3) is 10.9 Å². The minimum Gasteiger partial charge on any atom is -0.462 e. The van der Waals surface area contributed by atoms with Crippen LogP contribution in [0.3, 0.4) is 0 Å². The summed E-state index contributed by atoms with van der Waals surface area (Å²) in [5.74, 6) is -0.868. The quantitative estimate of drug-likeness (QED) is 0.385. The van der Waals surface area contributed by atoms with E-state index in [4.69, 9.17) is 4.74 Å². The first-order valence-electron chi connectivity index (χ1n) is 8.06. The summed E-state index contributed by atoms with van der Waals surface area (Å²) in [6.07, 6.45) is 2.41. The third-order valence-electron chi connectivity index (χ3n) is 4.06. The van der Waals surface area contributed by atoms with Gasteiger partial charge in [0.1, 0.15) is 5.82 Å². The van der Waals surface area contributed by atoms with Crippen LogP contribution >= 0.6 is 0 Å². The number of benzene rings is 2. The molecule has 0 unspecified atom stereocenters. The molecule has 0 aliphatic carbocycles. The predicted octanol–water partition coefficient (Wildman–Crippen LogP) is 4.14. The maximum absolute atomic E-state index is 12.8. The van der Waals surface area contributed by atoms with Gasteiger partial charge < -0.3 is 9.30 Å². The molecule has 0 saturated carbocycles. The summed E-state index contributed by atoms with van der Waals surface area (Å²) in [6.45, 7) is 0.162. The zero-order valence-corrected chi connectivity index (χ0v) is 13.9. The highest BCUT2D eigenvalue weighted by atomic mass is 19.1. The van der Waals surface area contributed by atoms with Crippen LogP contribution < -0.4 is 0 Å². The average Bonchev–Trinajstić information content (AvgIpc) is 2.96. The molecule has 0 spiro atoms. The molecule has 3 rings (SSSR count). The van der Waals surface area contributed by atoms with Crippen molar-refractivity contribution in [2.24, 2.45) is 7.05 Å². The fourth-order valence-electron chi connectivity index (χ4n) is 2.76. The minimum absolute atomic E-state index is 0.0961. The number of fused-ring (bicyclic) bond motifs is 1. The summed E-state index contributed by atoms with van der Waals surface area (Å²) in [5.41, 5.74) is 1.94. The average molecular weight is 339 g/mol. The number of aryl methyl sites for hydroxylation is 1. The second kappa shape index (κ2) is 7.30. The first kappa shape index (κ1) is 16.9. The van der Waals surface area contributed by atoms with E-state index in [0.717, 1.165) is 10.9 Å². The van der Waals surface area contributed by atoms with E-state index in [2.05, 4.69) is 0 Å². The Kier molecular flexibility index (Phi) is 4.93. The molecule has 0 saturated heterocycles. The Balaban J connectivity index is 1.54. The van der Waals surface area contributed by atoms with Crippen molar-refractivity contribution < 1.29 is 18.7 Å². The fraction of sp³-hybridized carbons (Fsp3) is 0.200. The molecule has 0 fully saturated rings. The summed E-state index contributed by atoms with van der Waals surface area (Å²) in [6, 6.07) is 13.0. The lowest BCUT2D eigenvalue weighted by Gasteiger charge is -2.04. The Morgan fingerprint density at radius 1 is 1.08 bits per heavy atom. The molecule has 3 aromatic rings. The van der Waals surface area contributed by atoms with Gasteiger partial charge in [-0.15, -0.1) is 0 Å². The number of ether oxygens (including phenoxy) is 1. The summed E-state index contributed by atoms with van der Waals surface area (Å²) in [7, 11) is 1.88. The Hall–Kier alpha value is -2.95. The highest BCUT2D eigenvalue weighted by molar-refractivity contribution is 6.04. The molecule has 1 aromatic heterocycles. The lowest BCUT2D eigenvalue weighted by molar-refractivity contribution is 0.0496. The molecule has 0 bridgehead atoms. The van der Waals surface area contributed by atoms with Crippen LogP contribution in [-0.4, -0.2) is 22.9 Å². The number of hydrogen-bond donors (Lipinski definition) is 0. The second-order valence-corrected chi connectivity index (χ2v) is 5.84. The van der Waals surface area contributed by atoms with Crippen LogP contribution in [0.5, 0.6) is 0 Å². The maximum atomic E-state index is 12.8. The second-order valence-electron chi connectivity index (χ2n) is 5.84. The number of Topliss-reactive ketones (excluding diaryl/α,β-unsaturated/α-hetero) is 1. The standard InChI is InChI=1S/C20H18FNO3/c1-22-13-17(16-5-2-3-6-18(16)22)20(24)25-12-4-7-19(23)14-8-10-15(21)11-9-14/h2-3,5-6,8-11,13H,4,7,12H2,1H3. The molecular weight excluding hydrogens is 321 g/mol. The van der Waals surface area contributed by atoms with Crippen molar-refractivity contribution in [1.82, 2.24) is 4.57 Å². The summed E-state index contributed by atoms with van der Waals surface area (Å²) >= 11 is 0. The molecule has 0 N–H and O–H groups in total. The molecule has 0 radical (unpaired) electrons. The number of ketones is 1. The number of hydrogen-bond acceptors (Lipinski definition) is 3. The number of carbonyl (C=O) groups excluding carboxylic acids is 2. The Labute approximate surface area is 144 Å². The van der Waals surface area contributed by atoms with Crippen molar-refractivity contribution >= 4 is 22.7 Å². The minimum atomic E-state index is -0.397. The normalized spacial score (nSPS) is 10.8. The predicted molar refractivity (Wildman–Crippen MR) is 93.2 cm³/mol. The largest absolute Gasteiger partial charge is 0.462 e. The van der Waals surface area contributed by atoms with E-state index in [9.17, 15) is 14.0 Å². The fourth-order valence-corrected chi connectivity index (χ4v) is 2.76. The SMILES string of the molecule is Cn1cc(C(=O)OCCCC(=O)c2ccc(F)cc2)c2ccccc21. The van der Waals surface area contributed by atoms with Crippen molar-refractivity contribution in [3.8, 4) is 0 Å². The van der Waals surface area contributed by atoms with Gasteiger partial charge in [-0.2, -0.15) is 0 Å².